The van der Waals surface area contributed by atoms with E-state index in [0.717, 1.165) is 0 Å². The first-order chi connectivity index (χ1) is 8.20. The first-order valence-electron chi connectivity index (χ1n) is 4.82. The Labute approximate surface area is 112 Å². The zero-order valence-electron chi connectivity index (χ0n) is 8.98. The summed E-state index contributed by atoms with van der Waals surface area (Å²) in [4.78, 5) is 4.09. The molecule has 0 N–H and O–H groups in total. The van der Waals surface area contributed by atoms with Crippen molar-refractivity contribution >= 4 is 27.5 Å². The number of hydrogen-bond donors (Lipinski definition) is 0. The largest absolute Gasteiger partial charge is 0.493 e. The highest BCUT2D eigenvalue weighted by atomic mass is 79.9. The molecule has 0 spiro atoms. The Morgan fingerprint density at radius 3 is 2.59 bits per heavy atom. The minimum atomic E-state index is 0.443. The number of nitrogens with zero attached hydrogens (tertiary/aromatic N) is 1. The van der Waals surface area contributed by atoms with Crippen molar-refractivity contribution in [2.75, 3.05) is 7.11 Å². The predicted molar refractivity (Wildman–Crippen MR) is 70.0 cm³/mol. The summed E-state index contributed by atoms with van der Waals surface area (Å²) in [5.74, 6) is 1.69. The van der Waals surface area contributed by atoms with Gasteiger partial charge in [0.15, 0.2) is 11.5 Å². The molecule has 0 aliphatic heterocycles. The molecule has 1 aromatic carbocycles. The highest BCUT2D eigenvalue weighted by Gasteiger charge is 2.08. The second kappa shape index (κ2) is 5.38. The maximum Gasteiger partial charge on any atom is 0.233 e. The molecular weight excluding hydrogens is 305 g/mol. The number of ether oxygens (including phenoxy) is 2. The maximum absolute atomic E-state index is 5.81. The van der Waals surface area contributed by atoms with E-state index in [1.54, 1.807) is 13.2 Å². The SMILES string of the molecule is COc1ccccc1Oc1ncc(Cl)cc1Br. The predicted octanol–water partition coefficient (Wildman–Crippen LogP) is 4.30. The van der Waals surface area contributed by atoms with Gasteiger partial charge in [-0.05, 0) is 34.1 Å². The van der Waals surface area contributed by atoms with Crippen molar-refractivity contribution in [2.45, 2.75) is 0 Å². The summed E-state index contributed by atoms with van der Waals surface area (Å²) in [5, 5.41) is 0.546. The molecule has 0 unspecified atom stereocenters. The van der Waals surface area contributed by atoms with Gasteiger partial charge in [-0.2, -0.15) is 0 Å². The minimum Gasteiger partial charge on any atom is -0.493 e. The summed E-state index contributed by atoms with van der Waals surface area (Å²) in [5.41, 5.74) is 0. The van der Waals surface area contributed by atoms with Crippen LogP contribution in [0.3, 0.4) is 0 Å². The summed E-state index contributed by atoms with van der Waals surface area (Å²) < 4.78 is 11.5. The number of aromatic nitrogens is 1. The van der Waals surface area contributed by atoms with E-state index in [9.17, 15) is 0 Å². The standard InChI is InChI=1S/C12H9BrClNO2/c1-16-10-4-2-3-5-11(10)17-12-9(13)6-8(14)7-15-12/h2-7H,1H3. The van der Waals surface area contributed by atoms with Crippen molar-refractivity contribution in [3.8, 4) is 17.4 Å². The molecule has 0 atom stereocenters. The Balaban J connectivity index is 2.31. The number of methoxy groups -OCH3 is 1. The monoisotopic (exact) mass is 313 g/mol. The molecule has 2 aromatic rings. The highest BCUT2D eigenvalue weighted by molar-refractivity contribution is 9.10. The van der Waals surface area contributed by atoms with Gasteiger partial charge < -0.3 is 9.47 Å². The van der Waals surface area contributed by atoms with Gasteiger partial charge in [0.1, 0.15) is 0 Å². The smallest absolute Gasteiger partial charge is 0.233 e. The number of benzene rings is 1. The van der Waals surface area contributed by atoms with Gasteiger partial charge in [0, 0.05) is 6.20 Å². The lowest BCUT2D eigenvalue weighted by Gasteiger charge is -2.10. The van der Waals surface area contributed by atoms with E-state index in [4.69, 9.17) is 21.1 Å². The lowest BCUT2D eigenvalue weighted by atomic mass is 10.3. The van der Waals surface area contributed by atoms with Gasteiger partial charge in [-0.3, -0.25) is 0 Å². The van der Waals surface area contributed by atoms with Crippen LogP contribution in [0.2, 0.25) is 5.02 Å². The third-order valence-electron chi connectivity index (χ3n) is 2.05. The topological polar surface area (TPSA) is 31.4 Å². The minimum absolute atomic E-state index is 0.443. The third-order valence-corrected chi connectivity index (χ3v) is 2.82. The molecule has 17 heavy (non-hydrogen) atoms. The fraction of sp³-hybridized carbons (Fsp3) is 0.0833. The van der Waals surface area contributed by atoms with E-state index in [1.165, 1.54) is 6.20 Å². The van der Waals surface area contributed by atoms with Crippen molar-refractivity contribution in [3.63, 3.8) is 0 Å². The molecule has 0 fully saturated rings. The van der Waals surface area contributed by atoms with E-state index in [-0.39, 0.29) is 0 Å². The lowest BCUT2D eigenvalue weighted by molar-refractivity contribution is 0.373. The van der Waals surface area contributed by atoms with E-state index in [1.807, 2.05) is 24.3 Å². The zero-order chi connectivity index (χ0) is 12.3. The summed E-state index contributed by atoms with van der Waals surface area (Å²) in [6, 6.07) is 9.08. The van der Waals surface area contributed by atoms with Gasteiger partial charge in [0.05, 0.1) is 16.6 Å². The van der Waals surface area contributed by atoms with E-state index < -0.39 is 0 Å². The van der Waals surface area contributed by atoms with Crippen molar-refractivity contribution in [1.29, 1.82) is 0 Å². The highest BCUT2D eigenvalue weighted by Crippen LogP contribution is 2.34. The van der Waals surface area contributed by atoms with Crippen LogP contribution in [0.5, 0.6) is 17.4 Å². The fourth-order valence-corrected chi connectivity index (χ4v) is 2.00. The van der Waals surface area contributed by atoms with Gasteiger partial charge in [-0.25, -0.2) is 4.98 Å². The van der Waals surface area contributed by atoms with Gasteiger partial charge >= 0.3 is 0 Å². The van der Waals surface area contributed by atoms with Crippen molar-refractivity contribution in [3.05, 3.63) is 46.0 Å². The van der Waals surface area contributed by atoms with Crippen molar-refractivity contribution in [2.24, 2.45) is 0 Å². The first kappa shape index (κ1) is 12.2. The van der Waals surface area contributed by atoms with Crippen LogP contribution in [0, 0.1) is 0 Å². The number of pyridine rings is 1. The average molecular weight is 315 g/mol. The molecule has 0 bridgehead atoms. The van der Waals surface area contributed by atoms with Crippen molar-refractivity contribution < 1.29 is 9.47 Å². The molecule has 0 aliphatic rings. The normalized spacial score (nSPS) is 10.1. The molecule has 0 saturated carbocycles. The number of hydrogen-bond acceptors (Lipinski definition) is 3. The third kappa shape index (κ3) is 2.90. The Kier molecular flexibility index (Phi) is 3.86. The van der Waals surface area contributed by atoms with Crippen LogP contribution in [0.25, 0.3) is 0 Å². The molecule has 1 aromatic heterocycles. The number of halogens is 2. The van der Waals surface area contributed by atoms with E-state index in [2.05, 4.69) is 20.9 Å². The van der Waals surface area contributed by atoms with Crippen LogP contribution in [-0.2, 0) is 0 Å². The lowest BCUT2D eigenvalue weighted by Crippen LogP contribution is -1.92. The first-order valence-corrected chi connectivity index (χ1v) is 5.99. The van der Waals surface area contributed by atoms with Crippen LogP contribution in [0.1, 0.15) is 0 Å². The molecular formula is C12H9BrClNO2. The molecule has 5 heteroatoms. The molecule has 88 valence electrons. The number of para-hydroxylation sites is 2. The average Bonchev–Trinajstić information content (AvgIpc) is 2.33. The molecule has 0 amide bonds. The second-order valence-corrected chi connectivity index (χ2v) is 4.48. The van der Waals surface area contributed by atoms with Gasteiger partial charge in [0.2, 0.25) is 5.88 Å². The molecule has 0 radical (unpaired) electrons. The van der Waals surface area contributed by atoms with Crippen LogP contribution in [-0.4, -0.2) is 12.1 Å². The van der Waals surface area contributed by atoms with Crippen LogP contribution < -0.4 is 9.47 Å². The van der Waals surface area contributed by atoms with Crippen LogP contribution in [0.15, 0.2) is 41.0 Å². The maximum atomic E-state index is 5.81. The van der Waals surface area contributed by atoms with Gasteiger partial charge in [0.25, 0.3) is 0 Å². The van der Waals surface area contributed by atoms with Crippen LogP contribution in [0.4, 0.5) is 0 Å². The Hall–Kier alpha value is -1.26. The summed E-state index contributed by atoms with van der Waals surface area (Å²) in [7, 11) is 1.59. The van der Waals surface area contributed by atoms with E-state index >= 15 is 0 Å². The Bertz CT molecular complexity index is 534. The molecule has 3 nitrogen and oxygen atoms in total. The molecule has 0 saturated heterocycles. The quantitative estimate of drug-likeness (QED) is 0.846. The summed E-state index contributed by atoms with van der Waals surface area (Å²) in [6.07, 6.45) is 1.52. The van der Waals surface area contributed by atoms with E-state index in [0.29, 0.717) is 26.9 Å². The summed E-state index contributed by atoms with van der Waals surface area (Å²) >= 11 is 9.14. The number of rotatable bonds is 3. The second-order valence-electron chi connectivity index (χ2n) is 3.19. The van der Waals surface area contributed by atoms with Crippen LogP contribution >= 0.6 is 27.5 Å². The summed E-state index contributed by atoms with van der Waals surface area (Å²) in [6.45, 7) is 0. The Morgan fingerprint density at radius 2 is 1.94 bits per heavy atom. The van der Waals surface area contributed by atoms with Crippen molar-refractivity contribution in [1.82, 2.24) is 4.98 Å². The zero-order valence-corrected chi connectivity index (χ0v) is 11.3. The molecule has 2 rings (SSSR count). The molecule has 0 aliphatic carbocycles. The Morgan fingerprint density at radius 1 is 1.24 bits per heavy atom. The van der Waals surface area contributed by atoms with Gasteiger partial charge in [-0.1, -0.05) is 23.7 Å². The fourth-order valence-electron chi connectivity index (χ4n) is 1.28. The van der Waals surface area contributed by atoms with Gasteiger partial charge in [-0.15, -0.1) is 0 Å². The molecule has 1 heterocycles.